The van der Waals surface area contributed by atoms with Gasteiger partial charge >= 0.3 is 5.97 Å². The molecule has 0 atom stereocenters. The van der Waals surface area contributed by atoms with Crippen molar-refractivity contribution in [2.45, 2.75) is 9.79 Å². The van der Waals surface area contributed by atoms with E-state index in [1.165, 1.54) is 0 Å². The third-order valence-electron chi connectivity index (χ3n) is 2.53. The number of carboxylic acids is 1. The molecule has 0 fully saturated rings. The van der Waals surface area contributed by atoms with Crippen LogP contribution in [0.4, 0.5) is 10.1 Å². The molecule has 0 saturated heterocycles. The van der Waals surface area contributed by atoms with Crippen molar-refractivity contribution < 1.29 is 19.2 Å². The van der Waals surface area contributed by atoms with Gasteiger partial charge in [0, 0.05) is 9.37 Å². The van der Waals surface area contributed by atoms with Crippen LogP contribution in [-0.2, 0) is 0 Å². The molecular formula is C13H7BrFNO4S. The summed E-state index contributed by atoms with van der Waals surface area (Å²) >= 11 is 4.29. The summed E-state index contributed by atoms with van der Waals surface area (Å²) in [5.41, 5.74) is -1.08. The number of rotatable bonds is 4. The molecule has 0 aromatic heterocycles. The number of nitro groups is 1. The number of nitro benzene ring substituents is 1. The lowest BCUT2D eigenvalue weighted by atomic mass is 10.2. The van der Waals surface area contributed by atoms with E-state index < -0.39 is 28.0 Å². The maximum Gasteiger partial charge on any atom is 0.338 e. The number of hydrogen-bond donors (Lipinski definition) is 1. The Morgan fingerprint density at radius 3 is 2.52 bits per heavy atom. The molecule has 0 saturated carbocycles. The van der Waals surface area contributed by atoms with Crippen LogP contribution in [0.15, 0.2) is 50.7 Å². The molecule has 2 rings (SSSR count). The first-order valence-corrected chi connectivity index (χ1v) is 7.14. The molecular weight excluding hydrogens is 365 g/mol. The average Bonchev–Trinajstić information content (AvgIpc) is 2.42. The standard InChI is InChI=1S/C13H7BrFNO4S/c14-8-3-1-2-4-11(8)21-12-5-7(13(17)18)9(15)6-10(12)16(19)20/h1-6H,(H,17,18). The van der Waals surface area contributed by atoms with Crippen molar-refractivity contribution in [3.05, 3.63) is 62.4 Å². The fourth-order valence-corrected chi connectivity index (χ4v) is 3.07. The summed E-state index contributed by atoms with van der Waals surface area (Å²) in [6.45, 7) is 0. The molecule has 5 nitrogen and oxygen atoms in total. The highest BCUT2D eigenvalue weighted by atomic mass is 79.9. The van der Waals surface area contributed by atoms with Gasteiger partial charge in [0.1, 0.15) is 5.82 Å². The van der Waals surface area contributed by atoms with Gasteiger partial charge < -0.3 is 5.11 Å². The van der Waals surface area contributed by atoms with Crippen LogP contribution in [0.1, 0.15) is 10.4 Å². The van der Waals surface area contributed by atoms with Crippen LogP contribution >= 0.6 is 27.7 Å². The fraction of sp³-hybridized carbons (Fsp3) is 0. The minimum absolute atomic E-state index is 0.0608. The molecule has 0 radical (unpaired) electrons. The molecule has 2 aromatic rings. The number of nitrogens with zero attached hydrogens (tertiary/aromatic N) is 1. The molecule has 0 heterocycles. The Labute approximate surface area is 131 Å². The molecule has 1 N–H and O–H groups in total. The van der Waals surface area contributed by atoms with Gasteiger partial charge in [-0.2, -0.15) is 0 Å². The average molecular weight is 372 g/mol. The second kappa shape index (κ2) is 6.23. The van der Waals surface area contributed by atoms with Gasteiger partial charge in [-0.25, -0.2) is 9.18 Å². The van der Waals surface area contributed by atoms with E-state index in [-0.39, 0.29) is 4.90 Å². The summed E-state index contributed by atoms with van der Waals surface area (Å²) < 4.78 is 14.3. The zero-order chi connectivity index (χ0) is 15.6. The first kappa shape index (κ1) is 15.5. The summed E-state index contributed by atoms with van der Waals surface area (Å²) in [7, 11) is 0. The molecule has 8 heteroatoms. The molecule has 0 spiro atoms. The Balaban J connectivity index is 2.55. The van der Waals surface area contributed by atoms with Crippen LogP contribution in [0.2, 0.25) is 0 Å². The van der Waals surface area contributed by atoms with Crippen molar-refractivity contribution in [3.63, 3.8) is 0 Å². The van der Waals surface area contributed by atoms with Crippen LogP contribution in [-0.4, -0.2) is 16.0 Å². The summed E-state index contributed by atoms with van der Waals surface area (Å²) in [4.78, 5) is 21.9. The highest BCUT2D eigenvalue weighted by Crippen LogP contribution is 2.39. The quantitative estimate of drug-likeness (QED) is 0.638. The first-order valence-electron chi connectivity index (χ1n) is 5.53. The topological polar surface area (TPSA) is 80.4 Å². The summed E-state index contributed by atoms with van der Waals surface area (Å²) in [5, 5.41) is 19.9. The fourth-order valence-electron chi connectivity index (χ4n) is 1.58. The van der Waals surface area contributed by atoms with Gasteiger partial charge in [0.25, 0.3) is 5.69 Å². The van der Waals surface area contributed by atoms with Crippen molar-refractivity contribution in [1.82, 2.24) is 0 Å². The van der Waals surface area contributed by atoms with E-state index >= 15 is 0 Å². The maximum absolute atomic E-state index is 13.6. The largest absolute Gasteiger partial charge is 0.478 e. The summed E-state index contributed by atoms with van der Waals surface area (Å²) in [6, 6.07) is 8.57. The Hall–Kier alpha value is -1.93. The maximum atomic E-state index is 13.6. The molecule has 2 aromatic carbocycles. The highest BCUT2D eigenvalue weighted by Gasteiger charge is 2.22. The Bertz CT molecular complexity index is 738. The molecule has 0 aliphatic rings. The highest BCUT2D eigenvalue weighted by molar-refractivity contribution is 9.10. The molecule has 0 aliphatic carbocycles. The van der Waals surface area contributed by atoms with Gasteiger partial charge in [0.2, 0.25) is 0 Å². The van der Waals surface area contributed by atoms with E-state index in [1.807, 2.05) is 0 Å². The Morgan fingerprint density at radius 2 is 1.95 bits per heavy atom. The van der Waals surface area contributed by atoms with Gasteiger partial charge in [-0.15, -0.1) is 0 Å². The lowest BCUT2D eigenvalue weighted by Gasteiger charge is -2.07. The number of benzene rings is 2. The first-order chi connectivity index (χ1) is 9.90. The van der Waals surface area contributed by atoms with E-state index in [0.717, 1.165) is 17.8 Å². The van der Waals surface area contributed by atoms with Gasteiger partial charge in [-0.1, -0.05) is 23.9 Å². The molecule has 0 aliphatic heterocycles. The minimum atomic E-state index is -1.48. The Kier molecular flexibility index (Phi) is 4.59. The van der Waals surface area contributed by atoms with Crippen LogP contribution in [0.5, 0.6) is 0 Å². The number of halogens is 2. The normalized spacial score (nSPS) is 10.4. The Morgan fingerprint density at radius 1 is 1.29 bits per heavy atom. The molecule has 0 unspecified atom stereocenters. The summed E-state index contributed by atoms with van der Waals surface area (Å²) in [6.07, 6.45) is 0. The molecule has 21 heavy (non-hydrogen) atoms. The lowest BCUT2D eigenvalue weighted by molar-refractivity contribution is -0.387. The predicted octanol–water partition coefficient (Wildman–Crippen LogP) is 4.35. The third-order valence-corrected chi connectivity index (χ3v) is 4.61. The molecule has 0 amide bonds. The van der Waals surface area contributed by atoms with Crippen LogP contribution in [0.25, 0.3) is 0 Å². The van der Waals surface area contributed by atoms with Gasteiger partial charge in [0.15, 0.2) is 0 Å². The van der Waals surface area contributed by atoms with E-state index in [0.29, 0.717) is 15.4 Å². The summed E-state index contributed by atoms with van der Waals surface area (Å²) in [5.74, 6) is -2.61. The zero-order valence-electron chi connectivity index (χ0n) is 10.2. The van der Waals surface area contributed by atoms with Crippen LogP contribution in [0, 0.1) is 15.9 Å². The second-order valence-corrected chi connectivity index (χ2v) is 5.83. The number of carbonyl (C=O) groups is 1. The predicted molar refractivity (Wildman–Crippen MR) is 78.3 cm³/mol. The van der Waals surface area contributed by atoms with Gasteiger partial charge in [0.05, 0.1) is 21.4 Å². The van der Waals surface area contributed by atoms with Crippen LogP contribution in [0.3, 0.4) is 0 Å². The molecule has 0 bridgehead atoms. The van der Waals surface area contributed by atoms with Crippen molar-refractivity contribution in [2.75, 3.05) is 0 Å². The minimum Gasteiger partial charge on any atom is -0.478 e. The van der Waals surface area contributed by atoms with E-state index in [1.54, 1.807) is 24.3 Å². The van der Waals surface area contributed by atoms with Gasteiger partial charge in [-0.3, -0.25) is 10.1 Å². The lowest BCUT2D eigenvalue weighted by Crippen LogP contribution is -2.03. The van der Waals surface area contributed by atoms with E-state index in [4.69, 9.17) is 5.11 Å². The monoisotopic (exact) mass is 371 g/mol. The van der Waals surface area contributed by atoms with E-state index in [2.05, 4.69) is 15.9 Å². The SMILES string of the molecule is O=C(O)c1cc(Sc2ccccc2Br)c([N+](=O)[O-])cc1F. The number of carboxylic acid groups (broad SMARTS) is 1. The van der Waals surface area contributed by atoms with Crippen molar-refractivity contribution in [1.29, 1.82) is 0 Å². The molecule has 108 valence electrons. The number of hydrogen-bond acceptors (Lipinski definition) is 4. The van der Waals surface area contributed by atoms with Crippen LogP contribution < -0.4 is 0 Å². The van der Waals surface area contributed by atoms with Crippen molar-refractivity contribution in [3.8, 4) is 0 Å². The number of aromatic carboxylic acids is 1. The smallest absolute Gasteiger partial charge is 0.338 e. The van der Waals surface area contributed by atoms with Crippen molar-refractivity contribution in [2.24, 2.45) is 0 Å². The van der Waals surface area contributed by atoms with Gasteiger partial charge in [-0.05, 0) is 34.1 Å². The second-order valence-electron chi connectivity index (χ2n) is 3.89. The van der Waals surface area contributed by atoms with E-state index in [9.17, 15) is 19.3 Å². The zero-order valence-corrected chi connectivity index (χ0v) is 12.6. The third kappa shape index (κ3) is 3.40. The van der Waals surface area contributed by atoms with Crippen molar-refractivity contribution >= 4 is 39.3 Å².